The highest BCUT2D eigenvalue weighted by atomic mass is 16.5. The number of nitriles is 1. The molecule has 25 heavy (non-hydrogen) atoms. The van der Waals surface area contributed by atoms with Gasteiger partial charge in [-0.15, -0.1) is 0 Å². The number of rotatable bonds is 3. The molecule has 0 bridgehead atoms. The van der Waals surface area contributed by atoms with Crippen molar-refractivity contribution in [3.05, 3.63) is 22.9 Å². The number of carbonyl (C=O) groups excluding carboxylic acids is 1. The van der Waals surface area contributed by atoms with Gasteiger partial charge in [-0.3, -0.25) is 0 Å². The van der Waals surface area contributed by atoms with Gasteiger partial charge >= 0.3 is 12.1 Å². The van der Waals surface area contributed by atoms with Gasteiger partial charge in [-0.2, -0.15) is 5.26 Å². The fourth-order valence-electron chi connectivity index (χ4n) is 3.65. The number of carboxylic acid groups (broad SMARTS) is 1. The highest BCUT2D eigenvalue weighted by Crippen LogP contribution is 2.35. The van der Waals surface area contributed by atoms with Gasteiger partial charge in [0.05, 0.1) is 23.4 Å². The Morgan fingerprint density at radius 3 is 2.52 bits per heavy atom. The fourth-order valence-corrected chi connectivity index (χ4v) is 3.65. The Bertz CT molecular complexity index is 744. The number of pyridine rings is 1. The lowest BCUT2D eigenvalue weighted by atomic mass is 10.0. The third-order valence-electron chi connectivity index (χ3n) is 4.87. The molecule has 1 amide bonds. The smallest absolute Gasteiger partial charge is 0.407 e. The predicted molar refractivity (Wildman–Crippen MR) is 88.4 cm³/mol. The molecule has 0 spiro atoms. The molecule has 1 N–H and O–H groups in total. The summed E-state index contributed by atoms with van der Waals surface area (Å²) in [5.74, 6) is 0.569. The van der Waals surface area contributed by atoms with Crippen LogP contribution >= 0.6 is 0 Å². The van der Waals surface area contributed by atoms with Crippen molar-refractivity contribution in [1.29, 1.82) is 5.26 Å². The second-order valence-corrected chi connectivity index (χ2v) is 6.44. The van der Waals surface area contributed by atoms with Gasteiger partial charge in [0.1, 0.15) is 11.9 Å². The highest BCUT2D eigenvalue weighted by Gasteiger charge is 2.42. The number of aromatic nitrogens is 1. The first kappa shape index (κ1) is 17.0. The van der Waals surface area contributed by atoms with E-state index in [1.54, 1.807) is 13.8 Å². The van der Waals surface area contributed by atoms with E-state index in [0.29, 0.717) is 48.8 Å². The third kappa shape index (κ3) is 3.09. The highest BCUT2D eigenvalue weighted by molar-refractivity contribution is 5.91. The Hall–Kier alpha value is -2.82. The zero-order chi connectivity index (χ0) is 18.1. The number of aryl methyl sites for hydroxylation is 1. The summed E-state index contributed by atoms with van der Waals surface area (Å²) in [7, 11) is 0. The van der Waals surface area contributed by atoms with Crippen LogP contribution < -0.4 is 4.90 Å². The van der Waals surface area contributed by atoms with Crippen LogP contribution in [0.1, 0.15) is 28.5 Å². The topological polar surface area (TPSA) is 107 Å². The van der Waals surface area contributed by atoms with E-state index in [4.69, 9.17) is 9.84 Å². The maximum absolute atomic E-state index is 12.0. The summed E-state index contributed by atoms with van der Waals surface area (Å²) in [5.41, 5.74) is 1.17. The second kappa shape index (κ2) is 6.59. The van der Waals surface area contributed by atoms with Gasteiger partial charge in [0.2, 0.25) is 0 Å². The number of hydrogen-bond acceptors (Lipinski definition) is 6. The molecule has 8 nitrogen and oxygen atoms in total. The van der Waals surface area contributed by atoms with Gasteiger partial charge in [-0.1, -0.05) is 0 Å². The van der Waals surface area contributed by atoms with Crippen molar-refractivity contribution in [1.82, 2.24) is 9.88 Å². The third-order valence-corrected chi connectivity index (χ3v) is 4.87. The van der Waals surface area contributed by atoms with E-state index >= 15 is 0 Å². The molecule has 0 saturated carbocycles. The average molecular weight is 344 g/mol. The monoisotopic (exact) mass is 344 g/mol. The molecule has 0 aromatic carbocycles. The summed E-state index contributed by atoms with van der Waals surface area (Å²) in [4.78, 5) is 31.0. The first-order chi connectivity index (χ1) is 11.9. The lowest BCUT2D eigenvalue weighted by molar-refractivity contribution is 0.0525. The number of nitrogens with zero attached hydrogens (tertiary/aromatic N) is 4. The van der Waals surface area contributed by atoms with Gasteiger partial charge in [0.15, 0.2) is 0 Å². The van der Waals surface area contributed by atoms with Crippen molar-refractivity contribution in [2.75, 3.05) is 37.7 Å². The maximum Gasteiger partial charge on any atom is 0.407 e. The number of ether oxygens (including phenoxy) is 1. The number of likely N-dealkylation sites (tertiary alicyclic amines) is 1. The molecule has 2 unspecified atom stereocenters. The van der Waals surface area contributed by atoms with E-state index in [9.17, 15) is 14.9 Å². The molecule has 1 aromatic heterocycles. The molecule has 2 atom stereocenters. The molecule has 3 heterocycles. The quantitative estimate of drug-likeness (QED) is 0.828. The molecule has 1 aromatic rings. The normalized spacial score (nSPS) is 21.8. The van der Waals surface area contributed by atoms with Crippen LogP contribution in [0.3, 0.4) is 0 Å². The van der Waals surface area contributed by atoms with Gasteiger partial charge < -0.3 is 19.6 Å². The summed E-state index contributed by atoms with van der Waals surface area (Å²) < 4.78 is 5.01. The summed E-state index contributed by atoms with van der Waals surface area (Å²) in [6.45, 7) is 6.06. The van der Waals surface area contributed by atoms with E-state index in [1.165, 1.54) is 11.0 Å². The lowest BCUT2D eigenvalue weighted by Gasteiger charge is -2.22. The van der Waals surface area contributed by atoms with Crippen LogP contribution in [0.15, 0.2) is 6.07 Å². The summed E-state index contributed by atoms with van der Waals surface area (Å²) in [6, 6.07) is 3.65. The zero-order valence-electron chi connectivity index (χ0n) is 14.2. The Morgan fingerprint density at radius 1 is 1.36 bits per heavy atom. The largest absolute Gasteiger partial charge is 0.465 e. The number of hydrogen-bond donors (Lipinski definition) is 1. The van der Waals surface area contributed by atoms with Crippen molar-refractivity contribution in [2.24, 2.45) is 11.8 Å². The van der Waals surface area contributed by atoms with E-state index < -0.39 is 12.1 Å². The van der Waals surface area contributed by atoms with Crippen LogP contribution in [-0.2, 0) is 4.74 Å². The molecule has 0 aliphatic carbocycles. The molecular formula is C17H20N4O4. The van der Waals surface area contributed by atoms with Crippen molar-refractivity contribution in [2.45, 2.75) is 13.8 Å². The SMILES string of the molecule is CCOC(=O)c1cc(C#N)c(N2CC3CN(C(=O)O)CC3C2)nc1C. The fraction of sp³-hybridized carbons (Fsp3) is 0.529. The number of esters is 1. The summed E-state index contributed by atoms with van der Waals surface area (Å²) >= 11 is 0. The zero-order valence-corrected chi connectivity index (χ0v) is 14.2. The van der Waals surface area contributed by atoms with E-state index in [2.05, 4.69) is 11.1 Å². The van der Waals surface area contributed by atoms with Crippen molar-refractivity contribution in [3.8, 4) is 6.07 Å². The molecule has 8 heteroatoms. The molecule has 132 valence electrons. The van der Waals surface area contributed by atoms with Crippen LogP contribution in [0.4, 0.5) is 10.6 Å². The summed E-state index contributed by atoms with van der Waals surface area (Å²) in [6.07, 6.45) is -0.883. The van der Waals surface area contributed by atoms with Crippen LogP contribution in [0.5, 0.6) is 0 Å². The van der Waals surface area contributed by atoms with Crippen LogP contribution in [-0.4, -0.2) is 59.8 Å². The van der Waals surface area contributed by atoms with E-state index in [-0.39, 0.29) is 18.4 Å². The number of carbonyl (C=O) groups is 2. The minimum Gasteiger partial charge on any atom is -0.465 e. The van der Waals surface area contributed by atoms with Gasteiger partial charge in [-0.05, 0) is 19.9 Å². The average Bonchev–Trinajstić information content (AvgIpc) is 3.13. The predicted octanol–water partition coefficient (Wildman–Crippen LogP) is 1.48. The Kier molecular flexibility index (Phi) is 4.49. The Morgan fingerprint density at radius 2 is 2.00 bits per heavy atom. The summed E-state index contributed by atoms with van der Waals surface area (Å²) in [5, 5.41) is 18.6. The molecule has 2 aliphatic rings. The van der Waals surface area contributed by atoms with Crippen LogP contribution in [0.25, 0.3) is 0 Å². The molecular weight excluding hydrogens is 324 g/mol. The number of anilines is 1. The maximum atomic E-state index is 12.0. The van der Waals surface area contributed by atoms with E-state index in [0.717, 1.165) is 0 Å². The van der Waals surface area contributed by atoms with Gasteiger partial charge in [-0.25, -0.2) is 14.6 Å². The molecule has 3 rings (SSSR count). The second-order valence-electron chi connectivity index (χ2n) is 6.44. The van der Waals surface area contributed by atoms with Gasteiger partial charge in [0, 0.05) is 38.0 Å². The Balaban J connectivity index is 1.83. The number of amides is 1. The van der Waals surface area contributed by atoms with Crippen molar-refractivity contribution >= 4 is 17.9 Å². The van der Waals surface area contributed by atoms with E-state index in [1.807, 2.05) is 4.90 Å². The lowest BCUT2D eigenvalue weighted by Crippen LogP contribution is -2.32. The molecule has 2 aliphatic heterocycles. The molecule has 2 saturated heterocycles. The van der Waals surface area contributed by atoms with Gasteiger partial charge in [0.25, 0.3) is 0 Å². The standard InChI is InChI=1S/C17H20N4O4/c1-3-25-16(22)14-4-11(5-18)15(19-10(14)2)20-6-12-8-21(17(23)24)9-13(12)7-20/h4,12-13H,3,6-9H2,1-2H3,(H,23,24). The minimum absolute atomic E-state index is 0.245. The van der Waals surface area contributed by atoms with Crippen molar-refractivity contribution in [3.63, 3.8) is 0 Å². The van der Waals surface area contributed by atoms with Crippen LogP contribution in [0.2, 0.25) is 0 Å². The molecule has 2 fully saturated rings. The van der Waals surface area contributed by atoms with Crippen molar-refractivity contribution < 1.29 is 19.4 Å². The Labute approximate surface area is 145 Å². The first-order valence-corrected chi connectivity index (χ1v) is 8.26. The van der Waals surface area contributed by atoms with Crippen LogP contribution in [0, 0.1) is 30.1 Å². The minimum atomic E-state index is -0.883. The number of fused-ring (bicyclic) bond motifs is 1. The molecule has 0 radical (unpaired) electrons. The first-order valence-electron chi connectivity index (χ1n) is 8.26.